The second-order valence-corrected chi connectivity index (χ2v) is 5.50. The Morgan fingerprint density at radius 2 is 1.62 bits per heavy atom. The van der Waals surface area contributed by atoms with Gasteiger partial charge >= 0.3 is 0 Å². The van der Waals surface area contributed by atoms with Crippen LogP contribution in [0.5, 0.6) is 0 Å². The highest BCUT2D eigenvalue weighted by Gasteiger charge is 2.23. The first-order valence-electron chi connectivity index (χ1n) is 6.83. The summed E-state index contributed by atoms with van der Waals surface area (Å²) in [7, 11) is 1.77. The molecule has 2 aromatic rings. The molecule has 0 heterocycles. The number of nitrogens with two attached hydrogens (primary N) is 1. The van der Waals surface area contributed by atoms with Crippen LogP contribution in [0.3, 0.4) is 0 Å². The average Bonchev–Trinajstić information content (AvgIpc) is 2.53. The van der Waals surface area contributed by atoms with E-state index in [2.05, 4.69) is 0 Å². The third-order valence-corrected chi connectivity index (χ3v) is 3.96. The molecule has 0 aliphatic carbocycles. The van der Waals surface area contributed by atoms with Gasteiger partial charge in [-0.15, -0.1) is 0 Å². The Kier molecular flexibility index (Phi) is 4.99. The first kappa shape index (κ1) is 15.5. The molecule has 0 saturated carbocycles. The lowest BCUT2D eigenvalue weighted by atomic mass is 10.0. The molecule has 4 heteroatoms. The van der Waals surface area contributed by atoms with Crippen molar-refractivity contribution in [2.75, 3.05) is 7.05 Å². The summed E-state index contributed by atoms with van der Waals surface area (Å²) < 4.78 is 0. The SMILES string of the molecule is CC(c1ccc(Cl)cc1)N(C)C(=O)C(N)c1ccccc1. The van der Waals surface area contributed by atoms with Crippen molar-refractivity contribution in [2.24, 2.45) is 5.73 Å². The van der Waals surface area contributed by atoms with Gasteiger partial charge in [0.1, 0.15) is 6.04 Å². The third kappa shape index (κ3) is 3.63. The van der Waals surface area contributed by atoms with Gasteiger partial charge in [0.15, 0.2) is 0 Å². The highest BCUT2D eigenvalue weighted by Crippen LogP contribution is 2.23. The molecule has 0 bridgehead atoms. The lowest BCUT2D eigenvalue weighted by molar-refractivity contribution is -0.133. The van der Waals surface area contributed by atoms with Crippen LogP contribution in [0.2, 0.25) is 5.02 Å². The number of halogens is 1. The molecule has 21 heavy (non-hydrogen) atoms. The van der Waals surface area contributed by atoms with Crippen LogP contribution < -0.4 is 5.73 Å². The molecule has 2 aromatic carbocycles. The normalized spacial score (nSPS) is 13.5. The van der Waals surface area contributed by atoms with Gasteiger partial charge in [0.2, 0.25) is 5.91 Å². The number of hydrogen-bond donors (Lipinski definition) is 1. The van der Waals surface area contributed by atoms with Crippen molar-refractivity contribution in [3.63, 3.8) is 0 Å². The van der Waals surface area contributed by atoms with E-state index in [1.54, 1.807) is 11.9 Å². The van der Waals surface area contributed by atoms with E-state index in [-0.39, 0.29) is 11.9 Å². The van der Waals surface area contributed by atoms with Gasteiger partial charge in [0, 0.05) is 12.1 Å². The summed E-state index contributed by atoms with van der Waals surface area (Å²) in [6.45, 7) is 1.97. The summed E-state index contributed by atoms with van der Waals surface area (Å²) in [5.41, 5.74) is 7.91. The molecule has 0 aliphatic rings. The summed E-state index contributed by atoms with van der Waals surface area (Å²) in [6.07, 6.45) is 0. The molecule has 0 spiro atoms. The Labute approximate surface area is 130 Å². The Hall–Kier alpha value is -1.84. The van der Waals surface area contributed by atoms with Crippen LogP contribution in [0, 0.1) is 0 Å². The number of carbonyl (C=O) groups is 1. The molecule has 2 rings (SSSR count). The van der Waals surface area contributed by atoms with Crippen molar-refractivity contribution in [3.8, 4) is 0 Å². The fraction of sp³-hybridized carbons (Fsp3) is 0.235. The fourth-order valence-electron chi connectivity index (χ4n) is 2.18. The summed E-state index contributed by atoms with van der Waals surface area (Å²) in [4.78, 5) is 14.2. The zero-order valence-electron chi connectivity index (χ0n) is 12.2. The van der Waals surface area contributed by atoms with Gasteiger partial charge < -0.3 is 10.6 Å². The second kappa shape index (κ2) is 6.74. The van der Waals surface area contributed by atoms with Gasteiger partial charge in [-0.25, -0.2) is 0 Å². The van der Waals surface area contributed by atoms with Crippen molar-refractivity contribution < 1.29 is 4.79 Å². The maximum Gasteiger partial charge on any atom is 0.244 e. The molecule has 2 unspecified atom stereocenters. The van der Waals surface area contributed by atoms with Crippen LogP contribution in [0.15, 0.2) is 54.6 Å². The smallest absolute Gasteiger partial charge is 0.244 e. The molecule has 1 amide bonds. The minimum absolute atomic E-state index is 0.0653. The summed E-state index contributed by atoms with van der Waals surface area (Å²) in [5, 5.41) is 0.681. The van der Waals surface area contributed by atoms with Crippen molar-refractivity contribution >= 4 is 17.5 Å². The topological polar surface area (TPSA) is 46.3 Å². The number of nitrogens with zero attached hydrogens (tertiary/aromatic N) is 1. The summed E-state index contributed by atoms with van der Waals surface area (Å²) in [6, 6.07) is 16.2. The van der Waals surface area contributed by atoms with Crippen molar-refractivity contribution in [3.05, 3.63) is 70.7 Å². The van der Waals surface area contributed by atoms with Gasteiger partial charge in [0.25, 0.3) is 0 Å². The van der Waals surface area contributed by atoms with Crippen molar-refractivity contribution in [1.29, 1.82) is 0 Å². The number of likely N-dealkylation sites (N-methyl/N-ethyl adjacent to an activating group) is 1. The highest BCUT2D eigenvalue weighted by molar-refractivity contribution is 6.30. The molecule has 0 radical (unpaired) electrons. The minimum atomic E-state index is -0.647. The molecule has 0 aliphatic heterocycles. The van der Waals surface area contributed by atoms with E-state index < -0.39 is 6.04 Å². The van der Waals surface area contributed by atoms with Crippen LogP contribution in [0.25, 0.3) is 0 Å². The van der Waals surface area contributed by atoms with E-state index in [0.717, 1.165) is 11.1 Å². The van der Waals surface area contributed by atoms with E-state index in [1.807, 2.05) is 61.5 Å². The molecule has 0 saturated heterocycles. The van der Waals surface area contributed by atoms with Crippen LogP contribution in [0.4, 0.5) is 0 Å². The molecular formula is C17H19ClN2O. The summed E-state index contributed by atoms with van der Waals surface area (Å²) in [5.74, 6) is -0.108. The molecule has 2 atom stereocenters. The quantitative estimate of drug-likeness (QED) is 0.938. The van der Waals surface area contributed by atoms with E-state index in [4.69, 9.17) is 17.3 Å². The zero-order chi connectivity index (χ0) is 15.4. The minimum Gasteiger partial charge on any atom is -0.337 e. The maximum atomic E-state index is 12.5. The third-order valence-electron chi connectivity index (χ3n) is 3.71. The van der Waals surface area contributed by atoms with Crippen molar-refractivity contribution in [2.45, 2.75) is 19.0 Å². The second-order valence-electron chi connectivity index (χ2n) is 5.07. The van der Waals surface area contributed by atoms with Gasteiger partial charge in [-0.2, -0.15) is 0 Å². The lowest BCUT2D eigenvalue weighted by Crippen LogP contribution is -2.37. The van der Waals surface area contributed by atoms with Crippen LogP contribution in [-0.2, 0) is 4.79 Å². The van der Waals surface area contributed by atoms with Crippen molar-refractivity contribution in [1.82, 2.24) is 4.90 Å². The highest BCUT2D eigenvalue weighted by atomic mass is 35.5. The molecule has 0 aromatic heterocycles. The molecule has 3 nitrogen and oxygen atoms in total. The van der Waals surface area contributed by atoms with Gasteiger partial charge in [-0.3, -0.25) is 4.79 Å². The Balaban J connectivity index is 2.13. The van der Waals surface area contributed by atoms with E-state index in [0.29, 0.717) is 5.02 Å². The Morgan fingerprint density at radius 3 is 2.19 bits per heavy atom. The summed E-state index contributed by atoms with van der Waals surface area (Å²) >= 11 is 5.89. The van der Waals surface area contributed by atoms with Gasteiger partial charge in [-0.05, 0) is 30.2 Å². The largest absolute Gasteiger partial charge is 0.337 e. The van der Waals surface area contributed by atoms with Crippen LogP contribution >= 0.6 is 11.6 Å². The van der Waals surface area contributed by atoms with Crippen LogP contribution in [0.1, 0.15) is 30.1 Å². The number of carbonyl (C=O) groups excluding carboxylic acids is 1. The molecule has 110 valence electrons. The van der Waals surface area contributed by atoms with Gasteiger partial charge in [0.05, 0.1) is 6.04 Å². The van der Waals surface area contributed by atoms with Crippen LogP contribution in [-0.4, -0.2) is 17.9 Å². The fourth-order valence-corrected chi connectivity index (χ4v) is 2.30. The standard InChI is InChI=1S/C17H19ClN2O/c1-12(13-8-10-15(18)11-9-13)20(2)17(21)16(19)14-6-4-3-5-7-14/h3-12,16H,19H2,1-2H3. The Bertz CT molecular complexity index is 598. The Morgan fingerprint density at radius 1 is 1.05 bits per heavy atom. The lowest BCUT2D eigenvalue weighted by Gasteiger charge is -2.28. The van der Waals surface area contributed by atoms with E-state index in [1.165, 1.54) is 0 Å². The zero-order valence-corrected chi connectivity index (χ0v) is 12.9. The first-order chi connectivity index (χ1) is 10.0. The van der Waals surface area contributed by atoms with Gasteiger partial charge in [-0.1, -0.05) is 54.1 Å². The number of benzene rings is 2. The van der Waals surface area contributed by atoms with E-state index >= 15 is 0 Å². The average molecular weight is 303 g/mol. The maximum absolute atomic E-state index is 12.5. The number of amides is 1. The van der Waals surface area contributed by atoms with E-state index in [9.17, 15) is 4.79 Å². The number of rotatable bonds is 4. The first-order valence-corrected chi connectivity index (χ1v) is 7.21. The molecular weight excluding hydrogens is 284 g/mol. The number of hydrogen-bond acceptors (Lipinski definition) is 2. The predicted molar refractivity (Wildman–Crippen MR) is 86.0 cm³/mol. The predicted octanol–water partition coefficient (Wildman–Crippen LogP) is 3.56. The molecule has 0 fully saturated rings. The monoisotopic (exact) mass is 302 g/mol. The molecule has 2 N–H and O–H groups in total.